The molecule has 0 spiro atoms. The van der Waals surface area contributed by atoms with Crippen molar-refractivity contribution >= 4 is 23.8 Å². The maximum Gasteiger partial charge on any atom is 0.408 e. The van der Waals surface area contributed by atoms with Gasteiger partial charge in [-0.05, 0) is 88.8 Å². The van der Waals surface area contributed by atoms with Crippen LogP contribution in [-0.2, 0) is 15.1 Å². The number of amides is 3. The maximum atomic E-state index is 13.0. The summed E-state index contributed by atoms with van der Waals surface area (Å²) in [5, 5.41) is 15.4. The third kappa shape index (κ3) is 7.82. The molecular weight excluding hydrogens is 568 g/mol. The SMILES string of the molecule is CN(C(=O)O)[C@H]1CC[C@H](CC(=O)Nc2cnc(-c3ccc(C4(NC(=O)OC(C)(C)C)CCC4)cc3)c(-c3ccccc3)c2)CC1. The summed E-state index contributed by atoms with van der Waals surface area (Å²) in [6.45, 7) is 5.58. The molecule has 0 aliphatic heterocycles. The molecule has 1 heterocycles. The van der Waals surface area contributed by atoms with Crippen molar-refractivity contribution in [3.05, 3.63) is 72.4 Å². The second-order valence-electron chi connectivity index (χ2n) is 13.4. The van der Waals surface area contributed by atoms with Crippen LogP contribution in [0.5, 0.6) is 0 Å². The first-order valence-electron chi connectivity index (χ1n) is 15.9. The van der Waals surface area contributed by atoms with Crippen LogP contribution in [0.25, 0.3) is 22.4 Å². The monoisotopic (exact) mass is 612 g/mol. The van der Waals surface area contributed by atoms with Gasteiger partial charge in [-0.2, -0.15) is 0 Å². The molecule has 3 amide bonds. The fourth-order valence-electron chi connectivity index (χ4n) is 6.43. The third-order valence-electron chi connectivity index (χ3n) is 9.05. The molecule has 1 aromatic heterocycles. The molecule has 45 heavy (non-hydrogen) atoms. The highest BCUT2D eigenvalue weighted by atomic mass is 16.6. The van der Waals surface area contributed by atoms with Crippen molar-refractivity contribution in [3.63, 3.8) is 0 Å². The van der Waals surface area contributed by atoms with Gasteiger partial charge in [-0.1, -0.05) is 54.6 Å². The number of carbonyl (C=O) groups is 3. The largest absolute Gasteiger partial charge is 0.465 e. The zero-order chi connectivity index (χ0) is 32.2. The second kappa shape index (κ2) is 13.3. The number of aromatic nitrogens is 1. The number of nitrogens with one attached hydrogen (secondary N) is 2. The molecule has 2 aliphatic carbocycles. The number of rotatable bonds is 8. The van der Waals surface area contributed by atoms with Crippen LogP contribution < -0.4 is 10.6 Å². The predicted octanol–water partition coefficient (Wildman–Crippen LogP) is 7.82. The van der Waals surface area contributed by atoms with Gasteiger partial charge in [-0.25, -0.2) is 9.59 Å². The molecule has 0 bridgehead atoms. The van der Waals surface area contributed by atoms with Gasteiger partial charge < -0.3 is 25.4 Å². The van der Waals surface area contributed by atoms with Crippen molar-refractivity contribution in [2.24, 2.45) is 5.92 Å². The minimum Gasteiger partial charge on any atom is -0.465 e. The number of alkyl carbamates (subject to hydrolysis) is 1. The highest BCUT2D eigenvalue weighted by Gasteiger charge is 2.41. The smallest absolute Gasteiger partial charge is 0.408 e. The molecule has 0 atom stereocenters. The van der Waals surface area contributed by atoms with Crippen LogP contribution in [0.4, 0.5) is 15.3 Å². The summed E-state index contributed by atoms with van der Waals surface area (Å²) in [7, 11) is 1.62. The normalized spacial score (nSPS) is 19.1. The molecule has 9 heteroatoms. The molecule has 0 saturated heterocycles. The van der Waals surface area contributed by atoms with E-state index in [-0.39, 0.29) is 17.9 Å². The molecule has 238 valence electrons. The van der Waals surface area contributed by atoms with E-state index in [1.54, 1.807) is 13.2 Å². The van der Waals surface area contributed by atoms with Gasteiger partial charge in [0.15, 0.2) is 0 Å². The summed E-state index contributed by atoms with van der Waals surface area (Å²) >= 11 is 0. The Hall–Kier alpha value is -4.40. The van der Waals surface area contributed by atoms with E-state index in [0.29, 0.717) is 12.1 Å². The van der Waals surface area contributed by atoms with E-state index < -0.39 is 23.3 Å². The van der Waals surface area contributed by atoms with Crippen molar-refractivity contribution in [1.29, 1.82) is 0 Å². The van der Waals surface area contributed by atoms with Crippen molar-refractivity contribution in [2.75, 3.05) is 12.4 Å². The Kier molecular flexibility index (Phi) is 9.46. The van der Waals surface area contributed by atoms with Gasteiger partial charge in [-0.15, -0.1) is 0 Å². The molecule has 2 aromatic carbocycles. The van der Waals surface area contributed by atoms with Gasteiger partial charge in [0.2, 0.25) is 5.91 Å². The molecule has 5 rings (SSSR count). The van der Waals surface area contributed by atoms with Crippen LogP contribution in [0, 0.1) is 5.92 Å². The average Bonchev–Trinajstić information content (AvgIpc) is 2.98. The summed E-state index contributed by atoms with van der Waals surface area (Å²) in [5.41, 5.74) is 4.30. The number of anilines is 1. The van der Waals surface area contributed by atoms with Crippen LogP contribution in [0.2, 0.25) is 0 Å². The van der Waals surface area contributed by atoms with Gasteiger partial charge in [0, 0.05) is 30.6 Å². The van der Waals surface area contributed by atoms with E-state index in [1.165, 1.54) is 4.90 Å². The van der Waals surface area contributed by atoms with E-state index >= 15 is 0 Å². The van der Waals surface area contributed by atoms with E-state index in [4.69, 9.17) is 9.72 Å². The number of benzene rings is 2. The molecule has 9 nitrogen and oxygen atoms in total. The standard InChI is InChI=1S/C36H44N4O5/c1-35(2,3)45-33(42)39-36(19-8-20-36)27-15-13-26(14-16-27)32-30(25-9-6-5-7-10-25)22-28(23-37-32)38-31(41)21-24-11-17-29(18-12-24)40(4)34(43)44/h5-7,9-10,13-16,22-24,29H,8,11-12,17-21H2,1-4H3,(H,38,41)(H,39,42)(H,43,44)/t24-,29-. The number of nitrogens with zero attached hydrogens (tertiary/aromatic N) is 2. The summed E-state index contributed by atoms with van der Waals surface area (Å²) in [6.07, 6.45) is 6.72. The van der Waals surface area contributed by atoms with E-state index in [9.17, 15) is 19.5 Å². The van der Waals surface area contributed by atoms with Gasteiger partial charge >= 0.3 is 12.2 Å². The molecular formula is C36H44N4O5. The van der Waals surface area contributed by atoms with Crippen LogP contribution in [0.3, 0.4) is 0 Å². The number of ether oxygens (including phenoxy) is 1. The lowest BCUT2D eigenvalue weighted by Gasteiger charge is -2.43. The van der Waals surface area contributed by atoms with Crippen molar-refractivity contribution in [1.82, 2.24) is 15.2 Å². The van der Waals surface area contributed by atoms with Crippen molar-refractivity contribution < 1.29 is 24.2 Å². The molecule has 2 fully saturated rings. The number of carboxylic acid groups (broad SMARTS) is 1. The van der Waals surface area contributed by atoms with E-state index in [0.717, 1.165) is 72.9 Å². The zero-order valence-corrected chi connectivity index (χ0v) is 26.6. The molecule has 2 aliphatic rings. The Morgan fingerprint density at radius 1 is 0.978 bits per heavy atom. The Balaban J connectivity index is 1.31. The molecule has 0 unspecified atom stereocenters. The maximum absolute atomic E-state index is 13.0. The van der Waals surface area contributed by atoms with Crippen molar-refractivity contribution in [3.8, 4) is 22.4 Å². The van der Waals surface area contributed by atoms with Crippen LogP contribution >= 0.6 is 0 Å². The van der Waals surface area contributed by atoms with E-state index in [1.807, 2.05) is 69.3 Å². The van der Waals surface area contributed by atoms with Crippen molar-refractivity contribution in [2.45, 2.75) is 89.3 Å². The molecule has 0 radical (unpaired) electrons. The molecule has 2 saturated carbocycles. The first-order chi connectivity index (χ1) is 21.4. The lowest BCUT2D eigenvalue weighted by molar-refractivity contribution is -0.117. The van der Waals surface area contributed by atoms with E-state index in [2.05, 4.69) is 22.8 Å². The highest BCUT2D eigenvalue weighted by Crippen LogP contribution is 2.42. The average molecular weight is 613 g/mol. The highest BCUT2D eigenvalue weighted by molar-refractivity contribution is 5.93. The minimum atomic E-state index is -0.908. The summed E-state index contributed by atoms with van der Waals surface area (Å²) < 4.78 is 5.54. The Morgan fingerprint density at radius 2 is 1.64 bits per heavy atom. The van der Waals surface area contributed by atoms with Crippen LogP contribution in [0.1, 0.15) is 77.7 Å². The fourth-order valence-corrected chi connectivity index (χ4v) is 6.43. The first kappa shape index (κ1) is 32.0. The summed E-state index contributed by atoms with van der Waals surface area (Å²) in [5.74, 6) is 0.165. The van der Waals surface area contributed by atoms with Gasteiger partial charge in [0.25, 0.3) is 0 Å². The number of carbonyl (C=O) groups excluding carboxylic acids is 2. The van der Waals surface area contributed by atoms with Crippen LogP contribution in [-0.4, -0.2) is 51.8 Å². The summed E-state index contributed by atoms with van der Waals surface area (Å²) in [6, 6.07) is 20.2. The van der Waals surface area contributed by atoms with Gasteiger partial charge in [-0.3, -0.25) is 9.78 Å². The topological polar surface area (TPSA) is 121 Å². The predicted molar refractivity (Wildman–Crippen MR) is 175 cm³/mol. The first-order valence-corrected chi connectivity index (χ1v) is 15.9. The minimum absolute atomic E-state index is 0.0153. The van der Waals surface area contributed by atoms with Gasteiger partial charge in [0.1, 0.15) is 5.60 Å². The Morgan fingerprint density at radius 3 is 2.22 bits per heavy atom. The number of hydrogen-bond donors (Lipinski definition) is 3. The Bertz CT molecular complexity index is 1500. The lowest BCUT2D eigenvalue weighted by atomic mass is 9.71. The Labute approximate surface area is 265 Å². The fraction of sp³-hybridized carbons (Fsp3) is 0.444. The zero-order valence-electron chi connectivity index (χ0n) is 26.6. The number of pyridine rings is 1. The lowest BCUT2D eigenvalue weighted by Crippen LogP contribution is -2.52. The third-order valence-corrected chi connectivity index (χ3v) is 9.05. The second-order valence-corrected chi connectivity index (χ2v) is 13.4. The molecule has 3 aromatic rings. The number of hydrogen-bond acceptors (Lipinski definition) is 5. The van der Waals surface area contributed by atoms with Crippen LogP contribution in [0.15, 0.2) is 66.9 Å². The summed E-state index contributed by atoms with van der Waals surface area (Å²) in [4.78, 5) is 43.1. The quantitative estimate of drug-likeness (QED) is 0.239. The molecule has 3 N–H and O–H groups in total. The van der Waals surface area contributed by atoms with Gasteiger partial charge in [0.05, 0.1) is 23.1 Å².